The highest BCUT2D eigenvalue weighted by Crippen LogP contribution is 2.31. The Kier molecular flexibility index (Phi) is 6.67. The number of aromatic nitrogens is 2. The molecule has 1 heterocycles. The number of hydrogen-bond acceptors (Lipinski definition) is 7. The number of aromatic amines is 1. The van der Waals surface area contributed by atoms with Crippen LogP contribution in [0.1, 0.15) is 22.5 Å². The van der Waals surface area contributed by atoms with Crippen molar-refractivity contribution in [3.8, 4) is 28.4 Å². The van der Waals surface area contributed by atoms with Crippen molar-refractivity contribution in [1.82, 2.24) is 10.2 Å². The number of rotatable bonds is 7. The van der Waals surface area contributed by atoms with E-state index in [4.69, 9.17) is 9.47 Å². The van der Waals surface area contributed by atoms with Crippen LogP contribution in [0.3, 0.4) is 0 Å². The zero-order chi connectivity index (χ0) is 21.5. The summed E-state index contributed by atoms with van der Waals surface area (Å²) in [5.74, 6) is 0.878. The molecule has 0 spiro atoms. The second-order valence-corrected chi connectivity index (χ2v) is 6.87. The molecule has 3 aromatic rings. The minimum Gasteiger partial charge on any atom is -0.504 e. The van der Waals surface area contributed by atoms with Gasteiger partial charge in [0.1, 0.15) is 11.1 Å². The molecule has 30 heavy (non-hydrogen) atoms. The summed E-state index contributed by atoms with van der Waals surface area (Å²) >= 11 is 1.01. The van der Waals surface area contributed by atoms with Gasteiger partial charge in [-0.1, -0.05) is 24.3 Å². The molecule has 0 fully saturated rings. The number of nitriles is 1. The molecule has 0 saturated carbocycles. The number of thioether (sulfide) groups is 1. The molecule has 0 radical (unpaired) electrons. The highest BCUT2D eigenvalue weighted by atomic mass is 32.2. The molecule has 0 atom stereocenters. The first-order valence-electron chi connectivity index (χ1n) is 8.80. The summed E-state index contributed by atoms with van der Waals surface area (Å²) in [6, 6.07) is 10.0. The molecule has 2 aromatic carbocycles. The van der Waals surface area contributed by atoms with Crippen molar-refractivity contribution < 1.29 is 19.7 Å². The average Bonchev–Trinajstić information content (AvgIpc) is 3.14. The van der Waals surface area contributed by atoms with Gasteiger partial charge in [-0.3, -0.25) is 5.10 Å². The number of benzene rings is 2. The lowest BCUT2D eigenvalue weighted by Crippen LogP contribution is -1.84. The normalized spacial score (nSPS) is 11.1. The first kappa shape index (κ1) is 20.9. The summed E-state index contributed by atoms with van der Waals surface area (Å²) in [6.45, 7) is 0. The Morgan fingerprint density at radius 1 is 0.933 bits per heavy atom. The quantitative estimate of drug-likeness (QED) is 0.373. The number of phenolic OH excluding ortho intramolecular Hbond substituents is 2. The van der Waals surface area contributed by atoms with Gasteiger partial charge >= 0.3 is 0 Å². The predicted molar refractivity (Wildman–Crippen MR) is 117 cm³/mol. The molecule has 1 aromatic heterocycles. The fourth-order valence-electron chi connectivity index (χ4n) is 2.69. The Morgan fingerprint density at radius 3 is 2.03 bits per heavy atom. The molecule has 3 N–H and O–H groups in total. The molecule has 0 aliphatic heterocycles. The minimum absolute atomic E-state index is 0.0634. The van der Waals surface area contributed by atoms with E-state index in [0.29, 0.717) is 27.8 Å². The highest BCUT2D eigenvalue weighted by molar-refractivity contribution is 8.03. The molecular weight excluding hydrogens is 402 g/mol. The number of ether oxygens (including phenoxy) is 2. The van der Waals surface area contributed by atoms with Gasteiger partial charge in [0.05, 0.1) is 24.8 Å². The summed E-state index contributed by atoms with van der Waals surface area (Å²) in [6.07, 6.45) is 7.23. The van der Waals surface area contributed by atoms with E-state index in [1.54, 1.807) is 48.6 Å². The van der Waals surface area contributed by atoms with Crippen LogP contribution < -0.4 is 9.47 Å². The Hall–Kier alpha value is -3.83. The van der Waals surface area contributed by atoms with Crippen LogP contribution in [0.4, 0.5) is 0 Å². The minimum atomic E-state index is 0.0634. The molecule has 0 saturated heterocycles. The summed E-state index contributed by atoms with van der Waals surface area (Å²) in [7, 11) is 2.97. The average molecular weight is 421 g/mol. The van der Waals surface area contributed by atoms with E-state index >= 15 is 0 Å². The molecule has 0 bridgehead atoms. The summed E-state index contributed by atoms with van der Waals surface area (Å²) in [5, 5.41) is 37.9. The number of methoxy groups -OCH3 is 2. The van der Waals surface area contributed by atoms with Crippen molar-refractivity contribution >= 4 is 36.1 Å². The van der Waals surface area contributed by atoms with Crippen LogP contribution in [0.15, 0.2) is 41.3 Å². The van der Waals surface area contributed by atoms with E-state index < -0.39 is 0 Å². The maximum Gasteiger partial charge on any atom is 0.161 e. The third kappa shape index (κ3) is 4.77. The lowest BCUT2D eigenvalue weighted by molar-refractivity contribution is 0.373. The van der Waals surface area contributed by atoms with Crippen LogP contribution in [0.5, 0.6) is 23.0 Å². The van der Waals surface area contributed by atoms with E-state index in [9.17, 15) is 15.5 Å². The molecule has 0 aliphatic rings. The SMILES string of the molecule is COc1cc(/C=C/c2n[nH]c(/C=C/c3ccc(O)c(OC)c3)c2SC#N)ccc1O. The van der Waals surface area contributed by atoms with Crippen LogP contribution in [-0.4, -0.2) is 34.6 Å². The van der Waals surface area contributed by atoms with Gasteiger partial charge in [0.15, 0.2) is 23.0 Å². The van der Waals surface area contributed by atoms with E-state index in [1.807, 2.05) is 12.2 Å². The van der Waals surface area contributed by atoms with Gasteiger partial charge in [-0.2, -0.15) is 10.4 Å². The van der Waals surface area contributed by atoms with Crippen LogP contribution in [-0.2, 0) is 0 Å². The molecule has 7 nitrogen and oxygen atoms in total. The molecule has 0 unspecified atom stereocenters. The maximum atomic E-state index is 9.70. The van der Waals surface area contributed by atoms with Gasteiger partial charge in [0.2, 0.25) is 0 Å². The smallest absolute Gasteiger partial charge is 0.161 e. The van der Waals surface area contributed by atoms with Crippen molar-refractivity contribution in [3.05, 3.63) is 58.9 Å². The molecule has 3 rings (SSSR count). The Bertz CT molecular complexity index is 1060. The van der Waals surface area contributed by atoms with Crippen molar-refractivity contribution in [2.45, 2.75) is 4.90 Å². The number of nitrogens with zero attached hydrogens (tertiary/aromatic N) is 2. The van der Waals surface area contributed by atoms with Crippen LogP contribution in [0.25, 0.3) is 24.3 Å². The number of aromatic hydroxyl groups is 2. The Labute approximate surface area is 177 Å². The second-order valence-electron chi connectivity index (χ2n) is 6.07. The van der Waals surface area contributed by atoms with Crippen molar-refractivity contribution in [2.75, 3.05) is 14.2 Å². The first-order valence-corrected chi connectivity index (χ1v) is 9.61. The topological polar surface area (TPSA) is 111 Å². The molecule has 8 heteroatoms. The molecule has 0 aliphatic carbocycles. The monoisotopic (exact) mass is 421 g/mol. The lowest BCUT2D eigenvalue weighted by Gasteiger charge is -2.03. The van der Waals surface area contributed by atoms with E-state index in [2.05, 4.69) is 15.6 Å². The standard InChI is InChI=1S/C22H19N3O4S/c1-28-20-11-14(5-9-18(20)26)3-7-16-22(30-13-23)17(25-24-16)8-4-15-6-10-19(27)21(12-15)29-2/h3-12,26-27H,1-2H3,(H,24,25)/b7-3+,8-4+. The van der Waals surface area contributed by atoms with Crippen molar-refractivity contribution in [2.24, 2.45) is 0 Å². The fourth-order valence-corrected chi connectivity index (χ4v) is 3.22. The summed E-state index contributed by atoms with van der Waals surface area (Å²) < 4.78 is 10.2. The van der Waals surface area contributed by atoms with Gasteiger partial charge in [-0.25, -0.2) is 0 Å². The zero-order valence-electron chi connectivity index (χ0n) is 16.3. The number of H-pyrrole nitrogens is 1. The lowest BCUT2D eigenvalue weighted by atomic mass is 10.1. The van der Waals surface area contributed by atoms with Crippen molar-refractivity contribution in [3.63, 3.8) is 0 Å². The van der Waals surface area contributed by atoms with Gasteiger partial charge in [0.25, 0.3) is 0 Å². The van der Waals surface area contributed by atoms with Crippen LogP contribution in [0.2, 0.25) is 0 Å². The first-order chi connectivity index (χ1) is 14.5. The summed E-state index contributed by atoms with van der Waals surface area (Å²) in [4.78, 5) is 0.682. The van der Waals surface area contributed by atoms with E-state index in [0.717, 1.165) is 22.9 Å². The van der Waals surface area contributed by atoms with Crippen LogP contribution >= 0.6 is 11.8 Å². The third-order valence-corrected chi connectivity index (χ3v) is 4.93. The van der Waals surface area contributed by atoms with Gasteiger partial charge in [-0.05, 0) is 59.3 Å². The van der Waals surface area contributed by atoms with Gasteiger partial charge in [-0.15, -0.1) is 0 Å². The number of thiocyanates is 1. The summed E-state index contributed by atoms with van der Waals surface area (Å²) in [5.41, 5.74) is 2.92. The van der Waals surface area contributed by atoms with Gasteiger partial charge in [0, 0.05) is 0 Å². The molecule has 0 amide bonds. The number of hydrogen-bond donors (Lipinski definition) is 3. The third-order valence-electron chi connectivity index (χ3n) is 4.21. The molecule has 152 valence electrons. The zero-order valence-corrected chi connectivity index (χ0v) is 17.1. The van der Waals surface area contributed by atoms with E-state index in [1.165, 1.54) is 14.2 Å². The van der Waals surface area contributed by atoms with E-state index in [-0.39, 0.29) is 11.5 Å². The van der Waals surface area contributed by atoms with Gasteiger partial charge < -0.3 is 19.7 Å². The Morgan fingerprint density at radius 2 is 1.50 bits per heavy atom. The van der Waals surface area contributed by atoms with Crippen LogP contribution in [0, 0.1) is 10.7 Å². The largest absolute Gasteiger partial charge is 0.504 e. The number of nitrogens with one attached hydrogen (secondary N) is 1. The molecular formula is C22H19N3O4S. The second kappa shape index (κ2) is 9.58. The maximum absolute atomic E-state index is 9.70. The fraction of sp³-hybridized carbons (Fsp3) is 0.0909. The predicted octanol–water partition coefficient (Wildman–Crippen LogP) is 4.75. The highest BCUT2D eigenvalue weighted by Gasteiger charge is 2.10. The number of phenols is 2. The van der Waals surface area contributed by atoms with Crippen molar-refractivity contribution in [1.29, 1.82) is 5.26 Å². The Balaban J connectivity index is 1.87.